The van der Waals surface area contributed by atoms with Crippen molar-refractivity contribution in [2.45, 2.75) is 13.1 Å². The number of rotatable bonds is 4. The highest BCUT2D eigenvalue weighted by Gasteiger charge is 1.94. The first-order chi connectivity index (χ1) is 7.34. The van der Waals surface area contributed by atoms with Gasteiger partial charge in [0.25, 0.3) is 0 Å². The van der Waals surface area contributed by atoms with Crippen LogP contribution in [0.4, 0.5) is 5.69 Å². The molecule has 0 amide bonds. The molecule has 1 aromatic heterocycles. The molecule has 2 nitrogen and oxygen atoms in total. The molecule has 0 radical (unpaired) electrons. The number of nitrogen functional groups attached to an aromatic ring is 1. The third kappa shape index (κ3) is 3.08. The Morgan fingerprint density at radius 2 is 2.00 bits per heavy atom. The third-order valence-electron chi connectivity index (χ3n) is 2.19. The molecule has 1 aromatic carbocycles. The van der Waals surface area contributed by atoms with E-state index in [-0.39, 0.29) is 0 Å². The fourth-order valence-electron chi connectivity index (χ4n) is 1.45. The van der Waals surface area contributed by atoms with E-state index in [0.29, 0.717) is 0 Å². The van der Waals surface area contributed by atoms with E-state index in [1.807, 2.05) is 18.2 Å². The van der Waals surface area contributed by atoms with Crippen LogP contribution in [0.3, 0.4) is 0 Å². The molecule has 0 unspecified atom stereocenters. The second-order valence-electron chi connectivity index (χ2n) is 3.48. The van der Waals surface area contributed by atoms with Gasteiger partial charge in [-0.1, -0.05) is 12.1 Å². The van der Waals surface area contributed by atoms with Gasteiger partial charge in [0.2, 0.25) is 0 Å². The number of nitrogens with two attached hydrogens (primary N) is 1. The average molecular weight is 218 g/mol. The zero-order valence-electron chi connectivity index (χ0n) is 8.44. The number of thiophene rings is 1. The van der Waals surface area contributed by atoms with Crippen LogP contribution in [0.25, 0.3) is 0 Å². The topological polar surface area (TPSA) is 38.0 Å². The normalized spacial score (nSPS) is 10.4. The molecule has 0 aliphatic heterocycles. The minimum Gasteiger partial charge on any atom is -0.399 e. The van der Waals surface area contributed by atoms with Gasteiger partial charge in [-0.3, -0.25) is 0 Å². The summed E-state index contributed by atoms with van der Waals surface area (Å²) in [5.41, 5.74) is 9.09. The molecule has 0 atom stereocenters. The molecule has 0 fully saturated rings. The van der Waals surface area contributed by atoms with Crippen LogP contribution < -0.4 is 11.1 Å². The monoisotopic (exact) mass is 218 g/mol. The van der Waals surface area contributed by atoms with Crippen molar-refractivity contribution in [3.05, 3.63) is 52.2 Å². The van der Waals surface area contributed by atoms with Gasteiger partial charge in [-0.2, -0.15) is 11.3 Å². The molecule has 3 heteroatoms. The van der Waals surface area contributed by atoms with Crippen molar-refractivity contribution < 1.29 is 0 Å². The standard InChI is InChI=1S/C12H14N2S/c13-12-3-1-2-10(6-12)7-14-8-11-4-5-15-9-11/h1-6,9,14H,7-8,13H2. The first kappa shape index (κ1) is 10.2. The molecule has 0 bridgehead atoms. The lowest BCUT2D eigenvalue weighted by Crippen LogP contribution is -2.12. The van der Waals surface area contributed by atoms with E-state index in [9.17, 15) is 0 Å². The number of hydrogen-bond acceptors (Lipinski definition) is 3. The zero-order valence-corrected chi connectivity index (χ0v) is 9.26. The third-order valence-corrected chi connectivity index (χ3v) is 2.92. The lowest BCUT2D eigenvalue weighted by atomic mass is 10.2. The van der Waals surface area contributed by atoms with Crippen LogP contribution in [-0.4, -0.2) is 0 Å². The Morgan fingerprint density at radius 3 is 2.73 bits per heavy atom. The number of nitrogens with one attached hydrogen (secondary N) is 1. The van der Waals surface area contributed by atoms with Crippen molar-refractivity contribution in [1.29, 1.82) is 0 Å². The van der Waals surface area contributed by atoms with E-state index in [1.54, 1.807) is 11.3 Å². The summed E-state index contributed by atoms with van der Waals surface area (Å²) in [6, 6.07) is 10.1. The minimum atomic E-state index is 0.824. The summed E-state index contributed by atoms with van der Waals surface area (Å²) in [7, 11) is 0. The number of hydrogen-bond donors (Lipinski definition) is 2. The summed E-state index contributed by atoms with van der Waals surface area (Å²) < 4.78 is 0. The fraction of sp³-hybridized carbons (Fsp3) is 0.167. The van der Waals surface area contributed by atoms with Crippen molar-refractivity contribution in [3.63, 3.8) is 0 Å². The van der Waals surface area contributed by atoms with E-state index in [2.05, 4.69) is 28.2 Å². The van der Waals surface area contributed by atoms with Gasteiger partial charge in [-0.05, 0) is 40.1 Å². The SMILES string of the molecule is Nc1cccc(CNCc2ccsc2)c1. The van der Waals surface area contributed by atoms with Gasteiger partial charge < -0.3 is 11.1 Å². The summed E-state index contributed by atoms with van der Waals surface area (Å²) in [6.07, 6.45) is 0. The molecule has 2 aromatic rings. The molecular formula is C12H14N2S. The highest BCUT2D eigenvalue weighted by Crippen LogP contribution is 2.08. The predicted octanol–water partition coefficient (Wildman–Crippen LogP) is 2.62. The Hall–Kier alpha value is -1.32. The van der Waals surface area contributed by atoms with E-state index in [1.165, 1.54) is 11.1 Å². The van der Waals surface area contributed by atoms with Crippen LogP contribution in [0, 0.1) is 0 Å². The van der Waals surface area contributed by atoms with E-state index in [4.69, 9.17) is 5.73 Å². The van der Waals surface area contributed by atoms with Crippen LogP contribution in [0.5, 0.6) is 0 Å². The van der Waals surface area contributed by atoms with Gasteiger partial charge in [0.1, 0.15) is 0 Å². The first-order valence-corrected chi connectivity index (χ1v) is 5.85. The Balaban J connectivity index is 1.83. The number of anilines is 1. The average Bonchev–Trinajstić information content (AvgIpc) is 2.71. The molecule has 2 rings (SSSR count). The highest BCUT2D eigenvalue weighted by molar-refractivity contribution is 7.07. The molecular weight excluding hydrogens is 204 g/mol. The zero-order chi connectivity index (χ0) is 10.5. The van der Waals surface area contributed by atoms with Crippen molar-refractivity contribution >= 4 is 17.0 Å². The fourth-order valence-corrected chi connectivity index (χ4v) is 2.12. The van der Waals surface area contributed by atoms with Gasteiger partial charge in [0.15, 0.2) is 0 Å². The van der Waals surface area contributed by atoms with Crippen LogP contribution in [-0.2, 0) is 13.1 Å². The molecule has 78 valence electrons. The lowest BCUT2D eigenvalue weighted by Gasteiger charge is -2.04. The molecule has 0 aliphatic carbocycles. The summed E-state index contributed by atoms with van der Waals surface area (Å²) in [5.74, 6) is 0. The van der Waals surface area contributed by atoms with E-state index < -0.39 is 0 Å². The van der Waals surface area contributed by atoms with Crippen LogP contribution in [0.15, 0.2) is 41.1 Å². The summed E-state index contributed by atoms with van der Waals surface area (Å²) in [4.78, 5) is 0. The van der Waals surface area contributed by atoms with Crippen molar-refractivity contribution in [1.82, 2.24) is 5.32 Å². The minimum absolute atomic E-state index is 0.824. The summed E-state index contributed by atoms with van der Waals surface area (Å²) in [6.45, 7) is 1.78. The maximum Gasteiger partial charge on any atom is 0.0317 e. The van der Waals surface area contributed by atoms with Gasteiger partial charge in [-0.15, -0.1) is 0 Å². The lowest BCUT2D eigenvalue weighted by molar-refractivity contribution is 0.695. The van der Waals surface area contributed by atoms with Crippen LogP contribution in [0.1, 0.15) is 11.1 Å². The molecule has 0 spiro atoms. The smallest absolute Gasteiger partial charge is 0.0317 e. The first-order valence-electron chi connectivity index (χ1n) is 4.91. The molecule has 0 aliphatic rings. The van der Waals surface area contributed by atoms with Crippen LogP contribution in [0.2, 0.25) is 0 Å². The summed E-state index contributed by atoms with van der Waals surface area (Å²) in [5, 5.41) is 7.64. The van der Waals surface area contributed by atoms with Gasteiger partial charge >= 0.3 is 0 Å². The van der Waals surface area contributed by atoms with E-state index >= 15 is 0 Å². The molecule has 3 N–H and O–H groups in total. The second-order valence-corrected chi connectivity index (χ2v) is 4.26. The second kappa shape index (κ2) is 4.96. The van der Waals surface area contributed by atoms with Crippen molar-refractivity contribution in [3.8, 4) is 0 Å². The quantitative estimate of drug-likeness (QED) is 0.774. The van der Waals surface area contributed by atoms with Gasteiger partial charge in [0.05, 0.1) is 0 Å². The van der Waals surface area contributed by atoms with Gasteiger partial charge in [0, 0.05) is 18.8 Å². The maximum absolute atomic E-state index is 5.70. The molecule has 1 heterocycles. The van der Waals surface area contributed by atoms with Gasteiger partial charge in [-0.25, -0.2) is 0 Å². The maximum atomic E-state index is 5.70. The van der Waals surface area contributed by atoms with Crippen LogP contribution >= 0.6 is 11.3 Å². The van der Waals surface area contributed by atoms with E-state index in [0.717, 1.165) is 18.8 Å². The Kier molecular flexibility index (Phi) is 3.37. The molecule has 15 heavy (non-hydrogen) atoms. The number of benzene rings is 1. The van der Waals surface area contributed by atoms with Crippen molar-refractivity contribution in [2.75, 3.05) is 5.73 Å². The molecule has 0 saturated heterocycles. The largest absolute Gasteiger partial charge is 0.399 e. The molecule has 0 saturated carbocycles. The predicted molar refractivity (Wildman–Crippen MR) is 65.7 cm³/mol. The Morgan fingerprint density at radius 1 is 1.13 bits per heavy atom. The Labute approximate surface area is 93.7 Å². The highest BCUT2D eigenvalue weighted by atomic mass is 32.1. The van der Waals surface area contributed by atoms with Crippen molar-refractivity contribution in [2.24, 2.45) is 0 Å². The summed E-state index contributed by atoms with van der Waals surface area (Å²) >= 11 is 1.73. The Bertz CT molecular complexity index is 409.